The third-order valence-electron chi connectivity index (χ3n) is 2.87. The van der Waals surface area contributed by atoms with Crippen LogP contribution >= 0.6 is 0 Å². The normalized spacial score (nSPS) is 17.9. The summed E-state index contributed by atoms with van der Waals surface area (Å²) in [4.78, 5) is 11.4. The number of aliphatic hydroxyl groups is 5. The Hall–Kier alpha value is -0.730. The van der Waals surface area contributed by atoms with Gasteiger partial charge in [0.2, 0.25) is 0 Å². The summed E-state index contributed by atoms with van der Waals surface area (Å²) >= 11 is 0. The molecule has 0 heterocycles. The molecule has 5 N–H and O–H groups in total. The Balaban J connectivity index is 3.85. The van der Waals surface area contributed by atoms with E-state index in [9.17, 15) is 20.1 Å². The molecule has 0 aromatic heterocycles. The summed E-state index contributed by atoms with van der Waals surface area (Å²) in [7, 11) is 0. The van der Waals surface area contributed by atoms with Gasteiger partial charge in [0, 0.05) is 7.79 Å². The van der Waals surface area contributed by atoms with E-state index in [1.54, 1.807) is 0 Å². The topological polar surface area (TPSA) is 127 Å². The van der Waals surface area contributed by atoms with Crippen molar-refractivity contribution in [3.05, 3.63) is 0 Å². The van der Waals surface area contributed by atoms with Crippen LogP contribution in [0.1, 0.15) is 40.4 Å². The Labute approximate surface area is 120 Å². The zero-order valence-corrected chi connectivity index (χ0v) is 11.5. The third kappa shape index (κ3) is 7.76. The van der Waals surface area contributed by atoms with Gasteiger partial charge in [-0.25, -0.2) is 0 Å². The van der Waals surface area contributed by atoms with Crippen LogP contribution in [0, 0.1) is 0 Å². The maximum Gasteiger partial charge on any atom is 0.305 e. The first kappa shape index (κ1) is 17.3. The van der Waals surface area contributed by atoms with Crippen molar-refractivity contribution in [1.29, 1.82) is 0 Å². The second-order valence-corrected chi connectivity index (χ2v) is 4.65. The van der Waals surface area contributed by atoms with Crippen LogP contribution in [0.3, 0.4) is 0 Å². The van der Waals surface area contributed by atoms with Crippen molar-refractivity contribution in [1.82, 2.24) is 0 Å². The van der Waals surface area contributed by atoms with Crippen LogP contribution < -0.4 is 0 Å². The molecular weight excluding hydrogens is 268 g/mol. The van der Waals surface area contributed by atoms with Gasteiger partial charge >= 0.3 is 5.97 Å². The second-order valence-electron chi connectivity index (χ2n) is 4.65. The highest BCUT2D eigenvalue weighted by molar-refractivity contribution is 5.69. The Morgan fingerprint density at radius 1 is 1.10 bits per heavy atom. The highest BCUT2D eigenvalue weighted by Crippen LogP contribution is 2.07. The predicted molar refractivity (Wildman–Crippen MR) is 70.8 cm³/mol. The number of carbonyl (C=O) groups excluding carboxylic acids is 1. The molecule has 0 aromatic rings. The van der Waals surface area contributed by atoms with Crippen LogP contribution in [0.2, 0.25) is 0 Å². The molecule has 0 aliphatic rings. The van der Waals surface area contributed by atoms with Crippen LogP contribution in [0.4, 0.5) is 0 Å². The minimum atomic E-state index is -1.73. The summed E-state index contributed by atoms with van der Waals surface area (Å²) < 4.78 is 11.7. The van der Waals surface area contributed by atoms with Crippen molar-refractivity contribution < 1.29 is 36.4 Å². The zero-order valence-electron chi connectivity index (χ0n) is 12.5. The smallest absolute Gasteiger partial charge is 0.305 e. The van der Waals surface area contributed by atoms with Crippen molar-refractivity contribution in [3.8, 4) is 0 Å². The van der Waals surface area contributed by atoms with Crippen LogP contribution in [0.5, 0.6) is 0 Å². The molecule has 4 atom stereocenters. The minimum absolute atomic E-state index is 0.183. The number of hydrogen-bond acceptors (Lipinski definition) is 7. The number of carbonyl (C=O) groups is 1. The number of hydrogen-bond donors (Lipinski definition) is 5. The highest BCUT2D eigenvalue weighted by Gasteiger charge is 2.30. The van der Waals surface area contributed by atoms with Gasteiger partial charge in [0.15, 0.2) is 0 Å². The van der Waals surface area contributed by atoms with Crippen molar-refractivity contribution in [2.75, 3.05) is 13.2 Å². The van der Waals surface area contributed by atoms with Gasteiger partial charge in [-0.15, -0.1) is 0 Å². The van der Waals surface area contributed by atoms with Gasteiger partial charge in [-0.2, -0.15) is 0 Å². The third-order valence-corrected chi connectivity index (χ3v) is 2.87. The van der Waals surface area contributed by atoms with Crippen molar-refractivity contribution >= 4 is 5.97 Å². The van der Waals surface area contributed by atoms with E-state index < -0.39 is 43.6 Å². The molecule has 0 spiro atoms. The molecule has 0 radical (unpaired) electrons. The molecule has 0 bridgehead atoms. The standard InChI is InChI=1S/C13H26O7/c1-2-3-4-5-6-11(17)20-8-10(16)13(19)12(18)9(15)7-14/h9-10,12-16,18-19H,2-8H2,1H3/t9-,10+,12+,13+/m0/s1/i1D. The predicted octanol–water partition coefficient (Wildman–Crippen LogP) is -1.06. The number of unbranched alkanes of at least 4 members (excludes halogenated alkanes) is 3. The van der Waals surface area contributed by atoms with E-state index in [4.69, 9.17) is 16.3 Å². The highest BCUT2D eigenvalue weighted by atomic mass is 16.5. The van der Waals surface area contributed by atoms with Gasteiger partial charge in [0.05, 0.1) is 6.61 Å². The van der Waals surface area contributed by atoms with Crippen LogP contribution in [-0.2, 0) is 9.53 Å². The van der Waals surface area contributed by atoms with Gasteiger partial charge in [0.1, 0.15) is 31.0 Å². The van der Waals surface area contributed by atoms with Gasteiger partial charge in [-0.05, 0) is 6.42 Å². The van der Waals surface area contributed by atoms with E-state index in [0.29, 0.717) is 13.3 Å². The van der Waals surface area contributed by atoms with Crippen LogP contribution in [0.25, 0.3) is 0 Å². The molecular formula is C13H26O7. The molecule has 0 aliphatic carbocycles. The van der Waals surface area contributed by atoms with Crippen LogP contribution in [-0.4, -0.2) is 69.1 Å². The van der Waals surface area contributed by atoms with E-state index in [2.05, 4.69) is 0 Å². The molecule has 0 amide bonds. The van der Waals surface area contributed by atoms with Crippen LogP contribution in [0.15, 0.2) is 0 Å². The maximum atomic E-state index is 11.4. The molecule has 7 nitrogen and oxygen atoms in total. The molecule has 0 rings (SSSR count). The van der Waals surface area contributed by atoms with Crippen molar-refractivity contribution in [3.63, 3.8) is 0 Å². The molecule has 0 saturated carbocycles. The first-order chi connectivity index (χ1) is 9.93. The Kier molecular flexibility index (Phi) is 9.52. The zero-order chi connectivity index (χ0) is 16.3. The van der Waals surface area contributed by atoms with E-state index in [1.807, 2.05) is 0 Å². The first-order valence-electron chi connectivity index (χ1n) is 7.42. The summed E-state index contributed by atoms with van der Waals surface area (Å²) in [5.41, 5.74) is 0. The summed E-state index contributed by atoms with van der Waals surface area (Å²) in [6, 6.07) is 0. The van der Waals surface area contributed by atoms with E-state index in [1.165, 1.54) is 0 Å². The lowest BCUT2D eigenvalue weighted by molar-refractivity contribution is -0.156. The Morgan fingerprint density at radius 2 is 1.75 bits per heavy atom. The molecule has 0 aromatic carbocycles. The molecule has 0 fully saturated rings. The van der Waals surface area contributed by atoms with Crippen molar-refractivity contribution in [2.45, 2.75) is 63.4 Å². The second kappa shape index (κ2) is 11.0. The van der Waals surface area contributed by atoms with E-state index in [0.717, 1.165) is 19.3 Å². The van der Waals surface area contributed by atoms with E-state index in [-0.39, 0.29) is 6.42 Å². The van der Waals surface area contributed by atoms with Gasteiger partial charge in [0.25, 0.3) is 0 Å². The molecule has 20 heavy (non-hydrogen) atoms. The number of esters is 1. The SMILES string of the molecule is [2H]CCCCCCC(=O)OC[C@@H](O)[C@@H](O)[C@H](O)[C@@H](O)CO. The largest absolute Gasteiger partial charge is 0.463 e. The first-order valence-corrected chi connectivity index (χ1v) is 6.72. The fraction of sp³-hybridized carbons (Fsp3) is 0.923. The van der Waals surface area contributed by atoms with Gasteiger partial charge < -0.3 is 30.3 Å². The summed E-state index contributed by atoms with van der Waals surface area (Å²) in [6.07, 6.45) is -3.28. The quantitative estimate of drug-likeness (QED) is 0.243. The lowest BCUT2D eigenvalue weighted by Crippen LogP contribution is -2.47. The fourth-order valence-corrected chi connectivity index (χ4v) is 1.54. The van der Waals surface area contributed by atoms with Gasteiger partial charge in [-0.1, -0.05) is 26.2 Å². The summed E-state index contributed by atoms with van der Waals surface area (Å²) in [5, 5.41) is 46.1. The summed E-state index contributed by atoms with van der Waals surface area (Å²) in [5.74, 6) is -0.524. The Morgan fingerprint density at radius 3 is 2.35 bits per heavy atom. The summed E-state index contributed by atoms with van der Waals surface area (Å²) in [6.45, 7) is -0.887. The average Bonchev–Trinajstić information content (AvgIpc) is 2.49. The number of rotatable bonds is 11. The molecule has 0 saturated heterocycles. The maximum absolute atomic E-state index is 11.4. The average molecular weight is 295 g/mol. The lowest BCUT2D eigenvalue weighted by Gasteiger charge is -2.25. The number of ether oxygens (including phenoxy) is 1. The molecule has 0 aliphatic heterocycles. The van der Waals surface area contributed by atoms with Crippen molar-refractivity contribution in [2.24, 2.45) is 0 Å². The Bertz CT molecular complexity index is 277. The van der Waals surface area contributed by atoms with Gasteiger partial charge in [-0.3, -0.25) is 4.79 Å². The fourth-order valence-electron chi connectivity index (χ4n) is 1.54. The monoisotopic (exact) mass is 295 g/mol. The van der Waals surface area contributed by atoms with E-state index >= 15 is 0 Å². The molecule has 120 valence electrons. The minimum Gasteiger partial charge on any atom is -0.463 e. The molecule has 0 unspecified atom stereocenters. The lowest BCUT2D eigenvalue weighted by atomic mass is 10.0. The number of aliphatic hydroxyl groups excluding tert-OH is 5. The molecule has 7 heteroatoms.